The number of fused-ring (bicyclic) bond motifs is 1. The minimum absolute atomic E-state index is 0.0440. The maximum atomic E-state index is 10.8. The summed E-state index contributed by atoms with van der Waals surface area (Å²) in [6, 6.07) is 14.0. The first-order chi connectivity index (χ1) is 11.8. The van der Waals surface area contributed by atoms with Crippen LogP contribution in [0.5, 0.6) is 5.75 Å². The smallest absolute Gasteiger partial charge is 0.269 e. The molecule has 0 spiro atoms. The number of halogens is 1. The van der Waals surface area contributed by atoms with Gasteiger partial charge in [-0.1, -0.05) is 11.6 Å². The fourth-order valence-electron chi connectivity index (χ4n) is 3.06. The van der Waals surface area contributed by atoms with Crippen molar-refractivity contribution in [3.63, 3.8) is 0 Å². The number of non-ortho nitro benzene ring substituents is 1. The zero-order valence-electron chi connectivity index (χ0n) is 14.3. The van der Waals surface area contributed by atoms with Gasteiger partial charge in [-0.3, -0.25) is 10.1 Å². The van der Waals surface area contributed by atoms with Crippen molar-refractivity contribution < 1.29 is 9.66 Å². The summed E-state index contributed by atoms with van der Waals surface area (Å²) in [6.07, 6.45) is 0. The highest BCUT2D eigenvalue weighted by molar-refractivity contribution is 6.31. The van der Waals surface area contributed by atoms with Crippen molar-refractivity contribution in [2.24, 2.45) is 0 Å². The Morgan fingerprint density at radius 1 is 1.16 bits per heavy atom. The van der Waals surface area contributed by atoms with E-state index in [1.54, 1.807) is 12.1 Å². The summed E-state index contributed by atoms with van der Waals surface area (Å²) in [5.41, 5.74) is 1.55. The molecule has 0 N–H and O–H groups in total. The predicted octanol–water partition coefficient (Wildman–Crippen LogP) is 5.54. The molecule has 0 bridgehead atoms. The second kappa shape index (κ2) is 6.41. The number of rotatable bonds is 5. The molecule has 0 unspecified atom stereocenters. The van der Waals surface area contributed by atoms with E-state index in [1.807, 2.05) is 32.0 Å². The summed E-state index contributed by atoms with van der Waals surface area (Å²) in [4.78, 5) is 10.4. The van der Waals surface area contributed by atoms with Crippen molar-refractivity contribution >= 4 is 28.2 Å². The molecule has 0 aliphatic carbocycles. The Balaban J connectivity index is 1.98. The van der Waals surface area contributed by atoms with Gasteiger partial charge in [0.15, 0.2) is 0 Å². The van der Waals surface area contributed by atoms with E-state index in [1.165, 1.54) is 12.1 Å². The van der Waals surface area contributed by atoms with Crippen molar-refractivity contribution in [1.82, 2.24) is 4.57 Å². The molecular weight excluding hydrogens is 340 g/mol. The highest BCUT2D eigenvalue weighted by Crippen LogP contribution is 2.33. The van der Waals surface area contributed by atoms with E-state index in [-0.39, 0.29) is 5.69 Å². The van der Waals surface area contributed by atoms with Gasteiger partial charge in [-0.05, 0) is 57.2 Å². The number of hydrogen-bond acceptors (Lipinski definition) is 3. The number of nitro groups is 1. The van der Waals surface area contributed by atoms with Crippen molar-refractivity contribution in [3.8, 4) is 5.75 Å². The van der Waals surface area contributed by atoms with Crippen LogP contribution in [0, 0.1) is 10.1 Å². The molecule has 0 aliphatic rings. The average molecular weight is 359 g/mol. The molecule has 0 saturated heterocycles. The summed E-state index contributed by atoms with van der Waals surface area (Å²) in [6.45, 7) is 6.85. The Hall–Kier alpha value is -2.53. The molecule has 0 radical (unpaired) electrons. The van der Waals surface area contributed by atoms with E-state index in [9.17, 15) is 10.1 Å². The van der Waals surface area contributed by atoms with Gasteiger partial charge in [0.2, 0.25) is 0 Å². The van der Waals surface area contributed by atoms with Crippen LogP contribution in [0.15, 0.2) is 48.5 Å². The van der Waals surface area contributed by atoms with E-state index in [4.69, 9.17) is 16.3 Å². The van der Waals surface area contributed by atoms with Crippen LogP contribution in [0.1, 0.15) is 26.5 Å². The first-order valence-electron chi connectivity index (χ1n) is 8.04. The van der Waals surface area contributed by atoms with Crippen molar-refractivity contribution in [2.45, 2.75) is 32.9 Å². The molecule has 25 heavy (non-hydrogen) atoms. The summed E-state index contributed by atoms with van der Waals surface area (Å²) in [5, 5.41) is 12.5. The highest BCUT2D eigenvalue weighted by atomic mass is 35.5. The van der Waals surface area contributed by atoms with Gasteiger partial charge >= 0.3 is 0 Å². The quantitative estimate of drug-likeness (QED) is 0.444. The minimum Gasteiger partial charge on any atom is -0.482 e. The molecule has 0 fully saturated rings. The Kier molecular flexibility index (Phi) is 4.43. The molecule has 3 rings (SSSR count). The van der Waals surface area contributed by atoms with Crippen molar-refractivity contribution in [1.29, 1.82) is 0 Å². The molecule has 0 saturated carbocycles. The molecule has 0 atom stereocenters. The molecular formula is C19H19ClN2O3. The molecule has 6 heteroatoms. The normalized spacial score (nSPS) is 11.7. The lowest BCUT2D eigenvalue weighted by molar-refractivity contribution is -0.384. The first kappa shape index (κ1) is 17.3. The molecule has 1 aromatic heterocycles. The summed E-state index contributed by atoms with van der Waals surface area (Å²) in [7, 11) is 0. The first-order valence-corrected chi connectivity index (χ1v) is 8.42. The van der Waals surface area contributed by atoms with Gasteiger partial charge < -0.3 is 9.30 Å². The number of hydrogen-bond donors (Lipinski definition) is 0. The number of benzene rings is 2. The second-order valence-electron chi connectivity index (χ2n) is 6.34. The summed E-state index contributed by atoms with van der Waals surface area (Å²) in [5.74, 6) is 0.585. The number of aryl methyl sites for hydroxylation is 1. The van der Waals surface area contributed by atoms with E-state index in [0.29, 0.717) is 10.8 Å². The highest BCUT2D eigenvalue weighted by Gasteiger charge is 2.28. The standard InChI is InChI=1S/C19H19ClN2O3/c1-4-21-17-10-5-14(20)11-13(17)12-18(21)19(2,3)25-16-8-6-15(7-9-16)22(23)24/h5-12H,4H2,1-3H3. The maximum Gasteiger partial charge on any atom is 0.269 e. The third kappa shape index (κ3) is 3.33. The van der Waals surface area contributed by atoms with Crippen LogP contribution in [0.2, 0.25) is 5.02 Å². The van der Waals surface area contributed by atoms with Gasteiger partial charge in [-0.2, -0.15) is 0 Å². The van der Waals surface area contributed by atoms with Crippen LogP contribution in [-0.4, -0.2) is 9.49 Å². The lowest BCUT2D eigenvalue weighted by Gasteiger charge is -2.28. The van der Waals surface area contributed by atoms with Gasteiger partial charge in [-0.25, -0.2) is 0 Å². The lowest BCUT2D eigenvalue weighted by atomic mass is 10.0. The Morgan fingerprint density at radius 2 is 1.84 bits per heavy atom. The fourth-order valence-corrected chi connectivity index (χ4v) is 3.24. The summed E-state index contributed by atoms with van der Waals surface area (Å²) >= 11 is 6.11. The minimum atomic E-state index is -0.613. The number of nitrogens with zero attached hydrogens (tertiary/aromatic N) is 2. The van der Waals surface area contributed by atoms with Gasteiger partial charge in [-0.15, -0.1) is 0 Å². The molecule has 130 valence electrons. The Bertz CT molecular complexity index is 930. The van der Waals surface area contributed by atoms with E-state index in [0.717, 1.165) is 23.1 Å². The second-order valence-corrected chi connectivity index (χ2v) is 6.78. The monoisotopic (exact) mass is 358 g/mol. The van der Waals surface area contributed by atoms with Crippen LogP contribution < -0.4 is 4.74 Å². The average Bonchev–Trinajstić information content (AvgIpc) is 2.93. The summed E-state index contributed by atoms with van der Waals surface area (Å²) < 4.78 is 8.34. The number of nitro benzene ring substituents is 1. The third-order valence-corrected chi connectivity index (χ3v) is 4.45. The predicted molar refractivity (Wildman–Crippen MR) is 99.4 cm³/mol. The maximum absolute atomic E-state index is 10.8. The lowest BCUT2D eigenvalue weighted by Crippen LogP contribution is -2.28. The molecule has 5 nitrogen and oxygen atoms in total. The van der Waals surface area contributed by atoms with Crippen LogP contribution in [-0.2, 0) is 12.1 Å². The van der Waals surface area contributed by atoms with Crippen LogP contribution in [0.25, 0.3) is 10.9 Å². The zero-order chi connectivity index (χ0) is 18.2. The van der Waals surface area contributed by atoms with Crippen LogP contribution >= 0.6 is 11.6 Å². The van der Waals surface area contributed by atoms with E-state index >= 15 is 0 Å². The van der Waals surface area contributed by atoms with Crippen molar-refractivity contribution in [3.05, 3.63) is 69.4 Å². The van der Waals surface area contributed by atoms with E-state index < -0.39 is 10.5 Å². The van der Waals surface area contributed by atoms with Crippen molar-refractivity contribution in [2.75, 3.05) is 0 Å². The van der Waals surface area contributed by atoms with Gasteiger partial charge in [0, 0.05) is 34.6 Å². The molecule has 0 amide bonds. The van der Waals surface area contributed by atoms with Gasteiger partial charge in [0.1, 0.15) is 11.4 Å². The topological polar surface area (TPSA) is 57.3 Å². The Morgan fingerprint density at radius 3 is 2.44 bits per heavy atom. The van der Waals surface area contributed by atoms with E-state index in [2.05, 4.69) is 17.6 Å². The largest absolute Gasteiger partial charge is 0.482 e. The SMILES string of the molecule is CCn1c(C(C)(C)Oc2ccc([N+](=O)[O-])cc2)cc2cc(Cl)ccc21. The third-order valence-electron chi connectivity index (χ3n) is 4.22. The fraction of sp³-hybridized carbons (Fsp3) is 0.263. The Labute approximate surface area is 150 Å². The molecule has 3 aromatic rings. The molecule has 1 heterocycles. The van der Waals surface area contributed by atoms with Crippen LogP contribution in [0.3, 0.4) is 0 Å². The zero-order valence-corrected chi connectivity index (χ0v) is 15.1. The number of aromatic nitrogens is 1. The van der Waals surface area contributed by atoms with Crippen LogP contribution in [0.4, 0.5) is 5.69 Å². The van der Waals surface area contributed by atoms with Gasteiger partial charge in [0.05, 0.1) is 10.6 Å². The molecule has 2 aromatic carbocycles. The number of ether oxygens (including phenoxy) is 1. The van der Waals surface area contributed by atoms with Gasteiger partial charge in [0.25, 0.3) is 5.69 Å². The molecule has 0 aliphatic heterocycles.